The lowest BCUT2D eigenvalue weighted by molar-refractivity contribution is 0.155. The number of hydrogen-bond acceptors (Lipinski definition) is 5. The normalized spacial score (nSPS) is 18.1. The SMILES string of the molecule is Cc1ccccc1COC(=O)Nc1c(C#Cc2cc3c(s2)OS2=C(O)C4(CC4)C2=C3)oc2ccccc12. The number of amides is 1. The van der Waals surface area contributed by atoms with Crippen LogP contribution in [0.5, 0.6) is 5.06 Å². The third-order valence-electron chi connectivity index (χ3n) is 6.92. The second kappa shape index (κ2) is 8.38. The Balaban J connectivity index is 1.15. The Kier molecular flexibility index (Phi) is 5.08. The minimum absolute atomic E-state index is 0.114. The van der Waals surface area contributed by atoms with Crippen molar-refractivity contribution in [3.8, 4) is 16.9 Å². The second-order valence-corrected chi connectivity index (χ2v) is 11.8. The smallest absolute Gasteiger partial charge is 0.412 e. The standard InChI is InChI=1S/C29H21NO5S2/c1-17-6-2-3-7-18(17)16-33-28(32)30-25-21-8-4-5-9-22(21)34-23(25)11-10-20-14-19-15-24-29(12-13-29)27(31)37(24)35-26(19)36-20/h2-9,14-15,31H,12-13,16H2,1H3,(H,30,32). The Labute approximate surface area is 219 Å². The molecular weight excluding hydrogens is 506 g/mol. The summed E-state index contributed by atoms with van der Waals surface area (Å²) >= 11 is 1.44. The Morgan fingerprint density at radius 3 is 2.84 bits per heavy atom. The van der Waals surface area contributed by atoms with Crippen LogP contribution < -0.4 is 9.50 Å². The van der Waals surface area contributed by atoms with Crippen molar-refractivity contribution >= 4 is 56.0 Å². The van der Waals surface area contributed by atoms with E-state index in [2.05, 4.69) is 23.2 Å². The van der Waals surface area contributed by atoms with Crippen LogP contribution in [0.1, 0.15) is 40.2 Å². The van der Waals surface area contributed by atoms with Gasteiger partial charge in [-0.1, -0.05) is 47.7 Å². The molecule has 8 heteroatoms. The van der Waals surface area contributed by atoms with E-state index in [4.69, 9.17) is 13.3 Å². The summed E-state index contributed by atoms with van der Waals surface area (Å²) in [5, 5.41) is 15.2. The van der Waals surface area contributed by atoms with Gasteiger partial charge in [0.05, 0.1) is 21.1 Å². The summed E-state index contributed by atoms with van der Waals surface area (Å²) in [7, 11) is -0.617. The van der Waals surface area contributed by atoms with Crippen LogP contribution in [-0.2, 0) is 11.3 Å². The van der Waals surface area contributed by atoms with E-state index in [9.17, 15) is 9.90 Å². The maximum absolute atomic E-state index is 12.7. The zero-order valence-corrected chi connectivity index (χ0v) is 21.4. The summed E-state index contributed by atoms with van der Waals surface area (Å²) in [6.45, 7) is 2.15. The number of nitrogens with one attached hydrogen (secondary N) is 1. The van der Waals surface area contributed by atoms with Crippen molar-refractivity contribution in [2.45, 2.75) is 26.4 Å². The number of carbonyl (C=O) groups is 1. The number of ether oxygens (including phenoxy) is 1. The molecule has 2 N–H and O–H groups in total. The van der Waals surface area contributed by atoms with Crippen LogP contribution in [0, 0.1) is 24.2 Å². The molecule has 1 amide bonds. The van der Waals surface area contributed by atoms with Crippen LogP contribution >= 0.6 is 22.1 Å². The first-order chi connectivity index (χ1) is 18.0. The van der Waals surface area contributed by atoms with E-state index in [1.54, 1.807) is 0 Å². The quantitative estimate of drug-likeness (QED) is 0.215. The number of carbonyl (C=O) groups excluding carboxylic acids is 1. The van der Waals surface area contributed by atoms with Crippen molar-refractivity contribution in [3.05, 3.63) is 86.8 Å². The maximum Gasteiger partial charge on any atom is 0.412 e. The number of aliphatic hydroxyl groups is 1. The zero-order valence-electron chi connectivity index (χ0n) is 19.8. The highest BCUT2D eigenvalue weighted by Gasteiger charge is 2.60. The number of furan rings is 1. The Bertz CT molecular complexity index is 1740. The zero-order chi connectivity index (χ0) is 25.1. The van der Waals surface area contributed by atoms with Gasteiger partial charge in [-0.05, 0) is 67.0 Å². The first-order valence-electron chi connectivity index (χ1n) is 11.9. The average molecular weight is 528 g/mol. The third kappa shape index (κ3) is 3.70. The molecule has 1 aliphatic carbocycles. The molecule has 184 valence electrons. The predicted molar refractivity (Wildman–Crippen MR) is 147 cm³/mol. The van der Waals surface area contributed by atoms with Gasteiger partial charge in [-0.3, -0.25) is 5.32 Å². The molecule has 7 rings (SSSR count). The van der Waals surface area contributed by atoms with Gasteiger partial charge < -0.3 is 18.4 Å². The largest absolute Gasteiger partial charge is 0.445 e. The van der Waals surface area contributed by atoms with Crippen LogP contribution in [0.25, 0.3) is 17.0 Å². The topological polar surface area (TPSA) is 80.9 Å². The molecule has 1 saturated carbocycles. The van der Waals surface area contributed by atoms with Crippen molar-refractivity contribution in [1.29, 1.82) is 0 Å². The van der Waals surface area contributed by atoms with Crippen molar-refractivity contribution < 1.29 is 23.2 Å². The van der Waals surface area contributed by atoms with E-state index in [1.165, 1.54) is 16.2 Å². The summed E-state index contributed by atoms with van der Waals surface area (Å²) in [5.74, 6) is 6.60. The number of thiophene rings is 1. The monoisotopic (exact) mass is 527 g/mol. The lowest BCUT2D eigenvalue weighted by Crippen LogP contribution is -2.30. The average Bonchev–Trinajstić information content (AvgIpc) is 3.55. The second-order valence-electron chi connectivity index (χ2n) is 9.28. The molecule has 1 spiro atoms. The molecule has 2 aromatic carbocycles. The van der Waals surface area contributed by atoms with Gasteiger partial charge in [0.2, 0.25) is 5.76 Å². The number of anilines is 1. The van der Waals surface area contributed by atoms with Gasteiger partial charge in [-0.15, -0.1) is 0 Å². The molecule has 4 aromatic rings. The Morgan fingerprint density at radius 1 is 1.19 bits per heavy atom. The molecule has 6 nitrogen and oxygen atoms in total. The molecule has 1 atom stereocenters. The molecule has 3 aliphatic rings. The van der Waals surface area contributed by atoms with E-state index in [1.807, 2.05) is 61.5 Å². The van der Waals surface area contributed by atoms with E-state index in [-0.39, 0.29) is 12.0 Å². The number of hydrogen-bond donors (Lipinski definition) is 2. The Hall–Kier alpha value is -3.77. The van der Waals surface area contributed by atoms with Crippen molar-refractivity contribution in [1.82, 2.24) is 0 Å². The molecule has 0 radical (unpaired) electrons. The summed E-state index contributed by atoms with van der Waals surface area (Å²) in [5.41, 5.74) is 3.99. The predicted octanol–water partition coefficient (Wildman–Crippen LogP) is 7.35. The third-order valence-corrected chi connectivity index (χ3v) is 9.95. The van der Waals surface area contributed by atoms with Crippen LogP contribution in [0.4, 0.5) is 10.5 Å². The van der Waals surface area contributed by atoms with Gasteiger partial charge in [-0.2, -0.15) is 0 Å². The number of rotatable bonds is 3. The molecule has 4 heterocycles. The van der Waals surface area contributed by atoms with E-state index in [0.29, 0.717) is 22.1 Å². The fourth-order valence-electron chi connectivity index (χ4n) is 4.64. The molecule has 37 heavy (non-hydrogen) atoms. The van der Waals surface area contributed by atoms with Gasteiger partial charge in [0.15, 0.2) is 5.06 Å². The van der Waals surface area contributed by atoms with Crippen molar-refractivity contribution in [3.63, 3.8) is 0 Å². The van der Waals surface area contributed by atoms with Crippen molar-refractivity contribution in [2.24, 2.45) is 5.41 Å². The van der Waals surface area contributed by atoms with E-state index in [0.717, 1.165) is 44.9 Å². The molecule has 2 aromatic heterocycles. The summed E-state index contributed by atoms with van der Waals surface area (Å²) in [6.07, 6.45) is 3.57. The lowest BCUT2D eigenvalue weighted by atomic mass is 10.1. The molecule has 1 unspecified atom stereocenters. The van der Waals surface area contributed by atoms with Crippen molar-refractivity contribution in [2.75, 3.05) is 5.32 Å². The fraction of sp³-hybridized carbons (Fsp3) is 0.172. The summed E-state index contributed by atoms with van der Waals surface area (Å²) < 4.78 is 17.5. The van der Waals surface area contributed by atoms with Gasteiger partial charge in [-0.25, -0.2) is 4.79 Å². The number of para-hydroxylation sites is 1. The summed E-state index contributed by atoms with van der Waals surface area (Å²) in [4.78, 5) is 14.7. The molecule has 0 saturated heterocycles. The maximum atomic E-state index is 12.7. The fourth-order valence-corrected chi connectivity index (χ4v) is 7.74. The molecule has 2 aliphatic heterocycles. The van der Waals surface area contributed by atoms with E-state index >= 15 is 0 Å². The van der Waals surface area contributed by atoms with Crippen LogP contribution in [0.2, 0.25) is 0 Å². The van der Waals surface area contributed by atoms with Gasteiger partial charge in [0.1, 0.15) is 22.9 Å². The highest BCUT2D eigenvalue weighted by atomic mass is 32.2. The first kappa shape index (κ1) is 22.4. The number of aliphatic hydroxyl groups excluding tert-OH is 1. The van der Waals surface area contributed by atoms with Gasteiger partial charge in [0.25, 0.3) is 0 Å². The molecule has 1 fully saturated rings. The molecule has 0 bridgehead atoms. The van der Waals surface area contributed by atoms with Crippen LogP contribution in [0.15, 0.2) is 63.9 Å². The highest BCUT2D eigenvalue weighted by molar-refractivity contribution is 8.17. The number of benzene rings is 2. The number of fused-ring (bicyclic) bond motifs is 4. The molecular formula is C29H21NO5S2. The summed E-state index contributed by atoms with van der Waals surface area (Å²) in [6, 6.07) is 17.2. The van der Waals surface area contributed by atoms with Gasteiger partial charge in [0, 0.05) is 15.9 Å². The number of aryl methyl sites for hydroxylation is 1. The Morgan fingerprint density at radius 2 is 2.00 bits per heavy atom. The van der Waals surface area contributed by atoms with Gasteiger partial charge >= 0.3 is 6.09 Å². The first-order valence-corrected chi connectivity index (χ1v) is 13.9. The minimum Gasteiger partial charge on any atom is -0.445 e. The van der Waals surface area contributed by atoms with E-state index < -0.39 is 16.9 Å². The van der Waals surface area contributed by atoms with Crippen LogP contribution in [-0.4, -0.2) is 16.3 Å². The lowest BCUT2D eigenvalue weighted by Gasteiger charge is -2.35. The highest BCUT2D eigenvalue weighted by Crippen LogP contribution is 2.69. The van der Waals surface area contributed by atoms with Crippen LogP contribution in [0.3, 0.4) is 0 Å². The minimum atomic E-state index is -0.617.